The van der Waals surface area contributed by atoms with Crippen LogP contribution in [0, 0.1) is 13.8 Å². The van der Waals surface area contributed by atoms with Gasteiger partial charge >= 0.3 is 0 Å². The van der Waals surface area contributed by atoms with Gasteiger partial charge in [-0.25, -0.2) is 9.97 Å². The topological polar surface area (TPSA) is 301 Å². The Morgan fingerprint density at radius 1 is 0.766 bits per heavy atom. The molecule has 0 aliphatic carbocycles. The van der Waals surface area contributed by atoms with E-state index in [9.17, 15) is 19.2 Å². The summed E-state index contributed by atoms with van der Waals surface area (Å²) in [6, 6.07) is 6.29. The van der Waals surface area contributed by atoms with E-state index >= 15 is 0 Å². The van der Waals surface area contributed by atoms with Crippen molar-refractivity contribution in [2.75, 3.05) is 73.9 Å². The van der Waals surface area contributed by atoms with Crippen LogP contribution in [0.1, 0.15) is 73.3 Å². The lowest BCUT2D eigenvalue weighted by Gasteiger charge is -2.26. The molecule has 5 heterocycles. The number of benzene rings is 2. The molecule has 4 amide bonds. The van der Waals surface area contributed by atoms with E-state index in [4.69, 9.17) is 42.4 Å². The molecule has 2 aromatic carbocycles. The number of nitrogens with two attached hydrogens (primary N) is 4. The van der Waals surface area contributed by atoms with E-state index in [1.807, 2.05) is 26.0 Å². The van der Waals surface area contributed by atoms with Crippen LogP contribution < -0.4 is 43.6 Å². The number of ether oxygens (including phenoxy) is 2. The fourth-order valence-corrected chi connectivity index (χ4v) is 7.78. The number of rotatable bonds is 18. The number of nitrogens with zero attached hydrogens (tertiary/aromatic N) is 9. The third kappa shape index (κ3) is 8.90. The van der Waals surface area contributed by atoms with Crippen molar-refractivity contribution in [2.24, 2.45) is 11.5 Å². The monoisotopic (exact) mass is 878 g/mol. The SMILES string of the molecule is CCn1nc(C)c(N)c1C(=O)Nc1nc2cc(C(N)=O)cc(NCCCN3CCOCC3)c2n1C/C=C/Cn1c(NC(=O)c2c(N)c(C)nn2CC)nc2cc(C(N)=O)cc(OC)c21. The molecule has 22 heteroatoms. The molecule has 6 aromatic rings. The molecule has 1 aliphatic heterocycles. The van der Waals surface area contributed by atoms with Crippen LogP contribution >= 0.6 is 0 Å². The van der Waals surface area contributed by atoms with Crippen molar-refractivity contribution in [2.45, 2.75) is 60.3 Å². The molecule has 11 N–H and O–H groups in total. The maximum Gasteiger partial charge on any atom is 0.278 e. The number of nitrogens with one attached hydrogen (secondary N) is 3. The number of morpholine rings is 1. The number of hydrogen-bond acceptors (Lipinski definition) is 14. The molecular weight excluding hydrogens is 825 g/mol. The molecule has 1 aliphatic rings. The van der Waals surface area contributed by atoms with Gasteiger partial charge in [-0.1, -0.05) is 12.2 Å². The number of amides is 4. The number of anilines is 5. The first-order valence-electron chi connectivity index (χ1n) is 20.9. The van der Waals surface area contributed by atoms with Crippen molar-refractivity contribution in [1.82, 2.24) is 43.6 Å². The average Bonchev–Trinajstić information content (AvgIpc) is 3.99. The molecule has 0 bridgehead atoms. The van der Waals surface area contributed by atoms with Crippen LogP contribution in [0.15, 0.2) is 36.4 Å². The third-order valence-electron chi connectivity index (χ3n) is 11.1. The highest BCUT2D eigenvalue weighted by Gasteiger charge is 2.26. The van der Waals surface area contributed by atoms with E-state index in [2.05, 4.69) is 31.0 Å². The Morgan fingerprint density at radius 2 is 1.27 bits per heavy atom. The highest BCUT2D eigenvalue weighted by atomic mass is 16.5. The van der Waals surface area contributed by atoms with Gasteiger partial charge in [0, 0.05) is 56.9 Å². The number of nitrogen functional groups attached to an aromatic ring is 2. The first kappa shape index (κ1) is 44.6. The van der Waals surface area contributed by atoms with Crippen LogP contribution in [0.4, 0.5) is 29.0 Å². The second-order valence-corrected chi connectivity index (χ2v) is 15.2. The smallest absolute Gasteiger partial charge is 0.278 e. The Morgan fingerprint density at radius 3 is 1.77 bits per heavy atom. The summed E-state index contributed by atoms with van der Waals surface area (Å²) < 4.78 is 17.8. The summed E-state index contributed by atoms with van der Waals surface area (Å²) >= 11 is 0. The Hall–Kier alpha value is -7.46. The molecule has 22 nitrogen and oxygen atoms in total. The highest BCUT2D eigenvalue weighted by molar-refractivity contribution is 6.08. The first-order chi connectivity index (χ1) is 30.7. The number of aryl methyl sites for hydroxylation is 4. The molecule has 0 saturated carbocycles. The van der Waals surface area contributed by atoms with Crippen molar-refractivity contribution in [1.29, 1.82) is 0 Å². The van der Waals surface area contributed by atoms with Gasteiger partial charge in [0.15, 0.2) is 0 Å². The van der Waals surface area contributed by atoms with Crippen LogP contribution in [0.2, 0.25) is 0 Å². The van der Waals surface area contributed by atoms with Crippen molar-refractivity contribution in [3.8, 4) is 5.75 Å². The van der Waals surface area contributed by atoms with Crippen molar-refractivity contribution in [3.05, 3.63) is 70.3 Å². The number of aromatic nitrogens is 8. The maximum absolute atomic E-state index is 14.0. The molecule has 0 radical (unpaired) electrons. The second kappa shape index (κ2) is 18.9. The summed E-state index contributed by atoms with van der Waals surface area (Å²) in [4.78, 5) is 64.5. The summed E-state index contributed by atoms with van der Waals surface area (Å²) in [5.74, 6) is -1.79. The zero-order valence-electron chi connectivity index (χ0n) is 36.5. The third-order valence-corrected chi connectivity index (χ3v) is 11.1. The summed E-state index contributed by atoms with van der Waals surface area (Å²) in [6.45, 7) is 12.7. The molecule has 7 rings (SSSR count). The minimum Gasteiger partial charge on any atom is -0.494 e. The fourth-order valence-electron chi connectivity index (χ4n) is 7.78. The lowest BCUT2D eigenvalue weighted by Crippen LogP contribution is -2.37. The van der Waals surface area contributed by atoms with Crippen LogP contribution in [-0.4, -0.2) is 114 Å². The van der Waals surface area contributed by atoms with E-state index in [0.717, 1.165) is 26.1 Å². The fraction of sp³-hybridized carbons (Fsp3) is 0.381. The summed E-state index contributed by atoms with van der Waals surface area (Å²) in [5.41, 5.74) is 28.7. The Labute approximate surface area is 367 Å². The lowest BCUT2D eigenvalue weighted by atomic mass is 10.1. The molecule has 338 valence electrons. The second-order valence-electron chi connectivity index (χ2n) is 15.2. The Bertz CT molecular complexity index is 2790. The number of fused-ring (bicyclic) bond motifs is 2. The van der Waals surface area contributed by atoms with Crippen LogP contribution in [0.5, 0.6) is 5.75 Å². The Balaban J connectivity index is 1.27. The molecule has 0 unspecified atom stereocenters. The van der Waals surface area contributed by atoms with Gasteiger partial charge in [0.2, 0.25) is 23.7 Å². The van der Waals surface area contributed by atoms with Gasteiger partial charge in [-0.3, -0.25) is 44.1 Å². The number of primary amides is 2. The molecule has 0 spiro atoms. The average molecular weight is 879 g/mol. The van der Waals surface area contributed by atoms with Crippen molar-refractivity contribution < 1.29 is 28.7 Å². The first-order valence-corrected chi connectivity index (χ1v) is 20.9. The lowest BCUT2D eigenvalue weighted by molar-refractivity contribution is 0.0378. The number of carbonyl (C=O) groups excluding carboxylic acids is 4. The van der Waals surface area contributed by atoms with Gasteiger partial charge in [0.25, 0.3) is 11.8 Å². The number of methoxy groups -OCH3 is 1. The standard InChI is InChI=1S/C42H54N16O6/c1-6-57-35(31(43)23(3)52-57)39(61)50-41-48-28-20-25(37(45)59)19-27(47-11-10-12-54-15-17-64-18-16-54)33(28)55(41)13-8-9-14-56-34-29(21-26(38(46)60)22-30(34)63-5)49-42(56)51-40(62)36-32(44)24(4)53-58(36)7-2/h8-9,19-22,47H,6-7,10-18,43-44H2,1-5H3,(H2,45,59)(H2,46,60)(H,48,50,61)(H,49,51,62)/b9-8+. The van der Waals surface area contributed by atoms with E-state index in [1.165, 1.54) is 28.6 Å². The van der Waals surface area contributed by atoms with Gasteiger partial charge in [0.05, 0.1) is 65.3 Å². The predicted octanol–water partition coefficient (Wildman–Crippen LogP) is 2.70. The van der Waals surface area contributed by atoms with Crippen LogP contribution in [-0.2, 0) is 30.9 Å². The summed E-state index contributed by atoms with van der Waals surface area (Å²) in [7, 11) is 1.45. The van der Waals surface area contributed by atoms with Gasteiger partial charge in [-0.05, 0) is 64.9 Å². The summed E-state index contributed by atoms with van der Waals surface area (Å²) in [5, 5.41) is 18.1. The van der Waals surface area contributed by atoms with Crippen LogP contribution in [0.25, 0.3) is 22.1 Å². The summed E-state index contributed by atoms with van der Waals surface area (Å²) in [6.07, 6.45) is 4.49. The van der Waals surface area contributed by atoms with E-state index in [-0.39, 0.29) is 58.9 Å². The molecule has 4 aromatic heterocycles. The largest absolute Gasteiger partial charge is 0.494 e. The Kier molecular flexibility index (Phi) is 13.2. The van der Waals surface area contributed by atoms with Gasteiger partial charge in [-0.2, -0.15) is 10.2 Å². The van der Waals surface area contributed by atoms with Gasteiger partial charge in [-0.15, -0.1) is 0 Å². The molecule has 1 saturated heterocycles. The minimum atomic E-state index is -0.684. The molecular formula is C42H54N16O6. The van der Waals surface area contributed by atoms with Gasteiger partial charge < -0.3 is 46.9 Å². The van der Waals surface area contributed by atoms with E-state index in [0.29, 0.717) is 77.7 Å². The normalized spacial score (nSPS) is 13.3. The molecule has 1 fully saturated rings. The highest BCUT2D eigenvalue weighted by Crippen LogP contribution is 2.33. The zero-order valence-corrected chi connectivity index (χ0v) is 36.5. The van der Waals surface area contributed by atoms with E-state index in [1.54, 1.807) is 35.1 Å². The van der Waals surface area contributed by atoms with E-state index < -0.39 is 23.6 Å². The van der Waals surface area contributed by atoms with Crippen LogP contribution in [0.3, 0.4) is 0 Å². The minimum absolute atomic E-state index is 0.134. The van der Waals surface area contributed by atoms with Crippen molar-refractivity contribution >= 4 is 74.7 Å². The maximum atomic E-state index is 14.0. The zero-order chi connectivity index (χ0) is 45.8. The van der Waals surface area contributed by atoms with Crippen molar-refractivity contribution in [3.63, 3.8) is 0 Å². The molecule has 64 heavy (non-hydrogen) atoms. The quantitative estimate of drug-likeness (QED) is 0.0483. The number of imidazole rings is 2. The predicted molar refractivity (Wildman–Crippen MR) is 243 cm³/mol. The number of hydrogen-bond donors (Lipinski definition) is 7. The van der Waals surface area contributed by atoms with Gasteiger partial charge in [0.1, 0.15) is 22.7 Å². The molecule has 0 atom stereocenters. The number of carbonyl (C=O) groups is 4. The number of allylic oxidation sites excluding steroid dienone is 2.